The molecular formula is C21H26O7. The van der Waals surface area contributed by atoms with Crippen molar-refractivity contribution in [2.75, 3.05) is 26.4 Å². The zero-order valence-electron chi connectivity index (χ0n) is 16.6. The average Bonchev–Trinajstić information content (AvgIpc) is 2.62. The van der Waals surface area contributed by atoms with Crippen molar-refractivity contribution in [3.05, 3.63) is 35.4 Å². The molecule has 0 saturated carbocycles. The van der Waals surface area contributed by atoms with Gasteiger partial charge in [0.2, 0.25) is 5.78 Å². The second-order valence-electron chi connectivity index (χ2n) is 5.70. The van der Waals surface area contributed by atoms with Crippen molar-refractivity contribution >= 4 is 5.78 Å². The van der Waals surface area contributed by atoms with Crippen LogP contribution in [0.2, 0.25) is 0 Å². The minimum atomic E-state index is -0.459. The van der Waals surface area contributed by atoms with Crippen LogP contribution in [0, 0.1) is 0 Å². The molecule has 0 spiro atoms. The van der Waals surface area contributed by atoms with Crippen LogP contribution in [0.1, 0.15) is 43.6 Å². The summed E-state index contributed by atoms with van der Waals surface area (Å²) in [5, 5.41) is 20.0. The summed E-state index contributed by atoms with van der Waals surface area (Å²) in [6.07, 6.45) is 0. The third-order valence-electron chi connectivity index (χ3n) is 3.75. The van der Waals surface area contributed by atoms with E-state index in [1.807, 2.05) is 0 Å². The number of rotatable bonds is 10. The van der Waals surface area contributed by atoms with Crippen LogP contribution in [-0.2, 0) is 0 Å². The molecule has 2 aromatic rings. The van der Waals surface area contributed by atoms with E-state index in [1.165, 1.54) is 24.3 Å². The SMILES string of the molecule is CCOc1cc(O)cc(OCC)c1C(=O)c1c(OCC)cc(O)cc1OCC. The summed E-state index contributed by atoms with van der Waals surface area (Å²) < 4.78 is 22.3. The van der Waals surface area contributed by atoms with Crippen LogP contribution in [0.5, 0.6) is 34.5 Å². The molecular weight excluding hydrogens is 364 g/mol. The molecule has 2 rings (SSSR count). The Kier molecular flexibility index (Phi) is 7.37. The maximum atomic E-state index is 13.6. The summed E-state index contributed by atoms with van der Waals surface area (Å²) in [5.74, 6) is 0.137. The molecule has 0 aliphatic rings. The topological polar surface area (TPSA) is 94.5 Å². The number of aromatic hydroxyl groups is 2. The smallest absolute Gasteiger partial charge is 0.208 e. The maximum Gasteiger partial charge on any atom is 0.208 e. The molecule has 0 aromatic heterocycles. The normalized spacial score (nSPS) is 10.4. The summed E-state index contributed by atoms with van der Waals surface area (Å²) in [6, 6.07) is 5.45. The van der Waals surface area contributed by atoms with Gasteiger partial charge in [-0.2, -0.15) is 0 Å². The van der Waals surface area contributed by atoms with Crippen LogP contribution in [-0.4, -0.2) is 42.4 Å². The van der Waals surface area contributed by atoms with Crippen molar-refractivity contribution in [1.82, 2.24) is 0 Å². The molecule has 2 N–H and O–H groups in total. The molecule has 7 nitrogen and oxygen atoms in total. The van der Waals surface area contributed by atoms with Gasteiger partial charge in [0.05, 0.1) is 26.4 Å². The standard InChI is InChI=1S/C21H26O7/c1-5-25-15-9-13(22)10-16(26-6-2)19(15)21(24)20-17(27-7-3)11-14(23)12-18(20)28-8-4/h9-12,22-23H,5-8H2,1-4H3. The molecule has 2 aromatic carbocycles. The Balaban J connectivity index is 2.74. The van der Waals surface area contributed by atoms with Crippen LogP contribution in [0.4, 0.5) is 0 Å². The summed E-state index contributed by atoms with van der Waals surface area (Å²) in [6.45, 7) is 8.27. The average molecular weight is 390 g/mol. The van der Waals surface area contributed by atoms with Crippen molar-refractivity contribution in [2.45, 2.75) is 27.7 Å². The number of phenols is 2. The first kappa shape index (κ1) is 21.2. The maximum absolute atomic E-state index is 13.6. The highest BCUT2D eigenvalue weighted by molar-refractivity contribution is 6.16. The second-order valence-corrected chi connectivity index (χ2v) is 5.70. The third kappa shape index (κ3) is 4.60. The number of phenolic OH excluding ortho intramolecular Hbond substituents is 2. The number of ether oxygens (including phenoxy) is 4. The minimum Gasteiger partial charge on any atom is -0.508 e. The van der Waals surface area contributed by atoms with Gasteiger partial charge in [-0.3, -0.25) is 4.79 Å². The van der Waals surface area contributed by atoms with Gasteiger partial charge in [0.25, 0.3) is 0 Å². The molecule has 0 radical (unpaired) electrons. The van der Waals surface area contributed by atoms with Crippen molar-refractivity contribution in [2.24, 2.45) is 0 Å². The number of carbonyl (C=O) groups excluding carboxylic acids is 1. The summed E-state index contributed by atoms with van der Waals surface area (Å²) in [7, 11) is 0. The van der Waals surface area contributed by atoms with E-state index < -0.39 is 5.78 Å². The highest BCUT2D eigenvalue weighted by atomic mass is 16.5. The van der Waals surface area contributed by atoms with Crippen molar-refractivity contribution < 1.29 is 34.0 Å². The summed E-state index contributed by atoms with van der Waals surface area (Å²) >= 11 is 0. The Morgan fingerprint density at radius 1 is 0.643 bits per heavy atom. The van der Waals surface area contributed by atoms with Gasteiger partial charge < -0.3 is 29.2 Å². The van der Waals surface area contributed by atoms with E-state index in [-0.39, 0.29) is 45.6 Å². The van der Waals surface area contributed by atoms with E-state index >= 15 is 0 Å². The van der Waals surface area contributed by atoms with Gasteiger partial charge in [-0.15, -0.1) is 0 Å². The molecule has 0 amide bonds. The van der Waals surface area contributed by atoms with E-state index in [9.17, 15) is 15.0 Å². The molecule has 0 fully saturated rings. The number of hydrogen-bond donors (Lipinski definition) is 2. The Bertz CT molecular complexity index is 708. The van der Waals surface area contributed by atoms with Crippen LogP contribution < -0.4 is 18.9 Å². The van der Waals surface area contributed by atoms with E-state index in [0.29, 0.717) is 26.4 Å². The third-order valence-corrected chi connectivity index (χ3v) is 3.75. The van der Waals surface area contributed by atoms with Gasteiger partial charge in [0, 0.05) is 24.3 Å². The fourth-order valence-electron chi connectivity index (χ4n) is 2.80. The monoisotopic (exact) mass is 390 g/mol. The Morgan fingerprint density at radius 2 is 0.893 bits per heavy atom. The number of benzene rings is 2. The van der Waals surface area contributed by atoms with Gasteiger partial charge in [-0.05, 0) is 27.7 Å². The van der Waals surface area contributed by atoms with Crippen molar-refractivity contribution in [3.63, 3.8) is 0 Å². The lowest BCUT2D eigenvalue weighted by atomic mass is 9.98. The summed E-state index contributed by atoms with van der Waals surface area (Å²) in [4.78, 5) is 13.6. The van der Waals surface area contributed by atoms with Gasteiger partial charge in [0.1, 0.15) is 45.6 Å². The van der Waals surface area contributed by atoms with E-state index in [1.54, 1.807) is 27.7 Å². The molecule has 0 bridgehead atoms. The molecule has 0 heterocycles. The lowest BCUT2D eigenvalue weighted by Gasteiger charge is -2.19. The highest BCUT2D eigenvalue weighted by Gasteiger charge is 2.28. The van der Waals surface area contributed by atoms with Crippen LogP contribution in [0.25, 0.3) is 0 Å². The zero-order chi connectivity index (χ0) is 20.7. The van der Waals surface area contributed by atoms with E-state index in [4.69, 9.17) is 18.9 Å². The van der Waals surface area contributed by atoms with Gasteiger partial charge >= 0.3 is 0 Å². The molecule has 0 saturated heterocycles. The molecule has 0 unspecified atom stereocenters. The Labute approximate surface area is 164 Å². The van der Waals surface area contributed by atoms with Gasteiger partial charge in [-0.1, -0.05) is 0 Å². The zero-order valence-corrected chi connectivity index (χ0v) is 16.6. The molecule has 152 valence electrons. The second kappa shape index (κ2) is 9.73. The van der Waals surface area contributed by atoms with Gasteiger partial charge in [0.15, 0.2) is 0 Å². The fourth-order valence-corrected chi connectivity index (χ4v) is 2.80. The predicted octanol–water partition coefficient (Wildman–Crippen LogP) is 3.92. The lowest BCUT2D eigenvalue weighted by Crippen LogP contribution is -2.12. The fraction of sp³-hybridized carbons (Fsp3) is 0.381. The minimum absolute atomic E-state index is 0.0794. The molecule has 0 aliphatic carbocycles. The largest absolute Gasteiger partial charge is 0.508 e. The first-order valence-corrected chi connectivity index (χ1v) is 9.26. The number of ketones is 1. The molecule has 0 atom stereocenters. The van der Waals surface area contributed by atoms with E-state index in [0.717, 1.165) is 0 Å². The van der Waals surface area contributed by atoms with E-state index in [2.05, 4.69) is 0 Å². The molecule has 7 heteroatoms. The van der Waals surface area contributed by atoms with Crippen molar-refractivity contribution in [1.29, 1.82) is 0 Å². The Morgan fingerprint density at radius 3 is 1.11 bits per heavy atom. The van der Waals surface area contributed by atoms with Gasteiger partial charge in [-0.25, -0.2) is 0 Å². The first-order valence-electron chi connectivity index (χ1n) is 9.26. The quantitative estimate of drug-likeness (QED) is 0.594. The van der Waals surface area contributed by atoms with Crippen LogP contribution in [0.15, 0.2) is 24.3 Å². The lowest BCUT2D eigenvalue weighted by molar-refractivity contribution is 0.102. The summed E-state index contributed by atoms with van der Waals surface area (Å²) in [5.41, 5.74) is 0.295. The van der Waals surface area contributed by atoms with Crippen LogP contribution in [0.3, 0.4) is 0 Å². The van der Waals surface area contributed by atoms with Crippen molar-refractivity contribution in [3.8, 4) is 34.5 Å². The predicted molar refractivity (Wildman–Crippen MR) is 104 cm³/mol. The highest BCUT2D eigenvalue weighted by Crippen LogP contribution is 2.41. The Hall–Kier alpha value is -3.09. The number of hydrogen-bond acceptors (Lipinski definition) is 7. The molecule has 0 aliphatic heterocycles. The van der Waals surface area contributed by atoms with Crippen LogP contribution >= 0.6 is 0 Å². The first-order chi connectivity index (χ1) is 13.5. The number of carbonyl (C=O) groups is 1. The molecule has 28 heavy (non-hydrogen) atoms.